The number of Topliss-reactive ketones (excluding diaryl/α,β-unsaturated/α-hetero) is 1. The number of aliphatic hydroxyl groups excluding tert-OH is 2. The number of ketones is 1. The number of hydrogen-bond acceptors (Lipinski definition) is 20. The zero-order valence-corrected chi connectivity index (χ0v) is 125. The Bertz CT molecular complexity index is 3700. The van der Waals surface area contributed by atoms with E-state index in [9.17, 15) is 4.79 Å². The predicted octanol–water partition coefficient (Wildman–Crippen LogP) is 28.3. The predicted molar refractivity (Wildman–Crippen MR) is 635 cm³/mol. The molecule has 2 N–H and O–H groups in total. The summed E-state index contributed by atoms with van der Waals surface area (Å²) in [4.78, 5) is 9.56. The molecule has 4 aliphatic rings. The molecule has 0 amide bonds. The minimum absolute atomic E-state index is 0. The Hall–Kier alpha value is 3.96. The van der Waals surface area contributed by atoms with Crippen LogP contribution in [0.5, 0.6) is 0 Å². The largest absolute Gasteiger partial charge is 0.513 e. The molecule has 0 aromatic heterocycles. The monoisotopic (exact) mass is 2980 g/mol. The van der Waals surface area contributed by atoms with Crippen molar-refractivity contribution in [3.8, 4) is 0 Å². The van der Waals surface area contributed by atoms with Crippen LogP contribution in [0.2, 0.25) is 0 Å². The van der Waals surface area contributed by atoms with Gasteiger partial charge in [0.15, 0.2) is 30.9 Å². The molecule has 6 aromatic rings. The molecule has 16 nitrogen and oxygen atoms in total. The van der Waals surface area contributed by atoms with Crippen LogP contribution >= 0.6 is 120 Å². The van der Waals surface area contributed by atoms with E-state index in [2.05, 4.69) is 271 Å². The molecule has 4 aliphatic heterocycles. The van der Waals surface area contributed by atoms with Crippen LogP contribution in [-0.4, -0.2) is 188 Å². The third kappa shape index (κ3) is 132. The fourth-order valence-corrected chi connectivity index (χ4v) is 16.7. The zero-order chi connectivity index (χ0) is 109. The molecule has 0 aliphatic carbocycles. The number of benzene rings is 6. The molecule has 4 heterocycles. The number of alkyl halides is 3. The van der Waals surface area contributed by atoms with E-state index in [4.69, 9.17) is 129 Å². The molecule has 0 spiro atoms. The Balaban J connectivity index is -0.0000000939. The first-order chi connectivity index (χ1) is 67.3. The van der Waals surface area contributed by atoms with Crippen molar-refractivity contribution in [1.82, 2.24) is 0 Å². The average Bonchev–Trinajstić information content (AvgIpc) is 0.760. The van der Waals surface area contributed by atoms with E-state index in [1.54, 1.807) is 6.92 Å². The maximum atomic E-state index is 9.56. The third-order valence-electron chi connectivity index (χ3n) is 15.4. The molecule has 4 atom stereocenters. The first-order valence-corrected chi connectivity index (χ1v) is 58.4. The zero-order valence-electron chi connectivity index (χ0n) is 92.0. The molecular formula is C115H171Br3ClO16P2S4Y8-15. The Kier molecular flexibility index (Phi) is 180. The van der Waals surface area contributed by atoms with Crippen molar-refractivity contribution >= 4 is 170 Å². The summed E-state index contributed by atoms with van der Waals surface area (Å²) in [5.41, 5.74) is 9.31. The number of rotatable bonds is 32. The maximum absolute atomic E-state index is 9.56. The van der Waals surface area contributed by atoms with Crippen LogP contribution in [0.1, 0.15) is 153 Å². The number of carbonyl (C=O) groups excluding carboxylic acids is 1. The SMILES string of the molecule is BrCOC1CCCCO1.C=C(C)CCl.C=C([CH2-])C.C=C([CH2-])C.C=C([CH2-])C.CC(=O)CO.[CH-]=C(C)CO.[CH-]=C(C)COC=P(c1ccccc1)(c1ccccc1)c1ccccc1.[CH-]=C(C)COCBr.[CH-]=C(C)COCOC1CCCCO1.[CH-]=C(C)COCOC1CCCCO1.[CH-]=C(C)COCOC1CCCCO1.[CH-]=P(c1ccccc1)(c1ccccc1)c1ccccc1.[CH2-]Br.[CH2-]SC.[CH2-]SC.[CH2-]SC.[CH2-]SC.[Y].[Y].[Y].[Y].[Y].[Y].[Y].[Y]. The number of ether oxygens (including phenoxy) is 13. The number of carbonyl (C=O) groups is 1. The first kappa shape index (κ1) is 188. The van der Waals surface area contributed by atoms with Gasteiger partial charge in [-0.15, -0.1) is 11.6 Å². The van der Waals surface area contributed by atoms with Crippen LogP contribution in [-0.2, 0) is 328 Å². The minimum Gasteiger partial charge on any atom is -0.513 e. The Morgan fingerprint density at radius 2 is 0.564 bits per heavy atom. The maximum Gasteiger partial charge on any atom is 0.160 e. The normalized spacial score (nSPS) is 13.3. The molecule has 4 unspecified atom stereocenters. The summed E-state index contributed by atoms with van der Waals surface area (Å²) < 4.78 is 68.7. The van der Waals surface area contributed by atoms with Gasteiger partial charge in [-0.25, -0.2) is 90.7 Å². The van der Waals surface area contributed by atoms with Crippen LogP contribution < -0.4 is 31.8 Å². The molecule has 8 radical (unpaired) electrons. The van der Waals surface area contributed by atoms with E-state index in [1.807, 2.05) is 130 Å². The van der Waals surface area contributed by atoms with Crippen LogP contribution in [0, 0.1) is 91.1 Å². The second-order valence-electron chi connectivity index (χ2n) is 30.9. The van der Waals surface area contributed by atoms with Gasteiger partial charge in [0.1, 0.15) is 38.0 Å². The van der Waals surface area contributed by atoms with Crippen LogP contribution in [0.25, 0.3) is 0 Å². The van der Waals surface area contributed by atoms with Crippen molar-refractivity contribution in [3.63, 3.8) is 0 Å². The third-order valence-corrected chi connectivity index (χ3v) is 23.6. The van der Waals surface area contributed by atoms with Crippen molar-refractivity contribution in [1.29, 1.82) is 0 Å². The van der Waals surface area contributed by atoms with E-state index < -0.39 is 13.8 Å². The number of allylic oxidation sites excluding steroid dienone is 4. The van der Waals surface area contributed by atoms with Gasteiger partial charge in [-0.3, -0.25) is 35.7 Å². The molecule has 149 heavy (non-hydrogen) atoms. The van der Waals surface area contributed by atoms with Gasteiger partial charge in [-0.1, -0.05) is 288 Å². The van der Waals surface area contributed by atoms with E-state index in [-0.39, 0.29) is 326 Å². The van der Waals surface area contributed by atoms with Gasteiger partial charge >= 0.3 is 0 Å². The summed E-state index contributed by atoms with van der Waals surface area (Å²) in [6.07, 6.45) is 41.4. The summed E-state index contributed by atoms with van der Waals surface area (Å²) >= 11 is 20.2. The Labute approximate surface area is 1160 Å². The molecular weight excluding hydrogens is 2810 g/mol. The van der Waals surface area contributed by atoms with Gasteiger partial charge < -0.3 is 181 Å². The Morgan fingerprint density at radius 3 is 0.711 bits per heavy atom. The molecule has 10 rings (SSSR count). The summed E-state index contributed by atoms with van der Waals surface area (Å²) in [6, 6.07) is 63.0. The molecule has 0 bridgehead atoms. The molecule has 4 fully saturated rings. The van der Waals surface area contributed by atoms with Crippen LogP contribution in [0.3, 0.4) is 0 Å². The second-order valence-corrected chi connectivity index (χ2v) is 40.6. The summed E-state index contributed by atoms with van der Waals surface area (Å²) in [7, 11) is 0. The number of aliphatic hydroxyl groups is 2. The van der Waals surface area contributed by atoms with Crippen molar-refractivity contribution in [2.24, 2.45) is 0 Å². The number of thioether (sulfide) groups is 4. The van der Waals surface area contributed by atoms with Gasteiger partial charge in [0, 0.05) is 340 Å². The smallest absolute Gasteiger partial charge is 0.160 e. The van der Waals surface area contributed by atoms with Gasteiger partial charge in [-0.05, 0) is 155 Å². The van der Waals surface area contributed by atoms with Crippen LogP contribution in [0.15, 0.2) is 264 Å². The molecule has 4 saturated heterocycles. The summed E-state index contributed by atoms with van der Waals surface area (Å²) in [5, 5.41) is 23.2. The van der Waals surface area contributed by atoms with Gasteiger partial charge in [0.25, 0.3) is 0 Å². The van der Waals surface area contributed by atoms with Crippen molar-refractivity contribution in [2.45, 2.75) is 178 Å². The van der Waals surface area contributed by atoms with Gasteiger partial charge in [0.05, 0.1) is 0 Å². The standard InChI is InChI=1S/C23H22OP.C19H16P.3C10H17O3.C6H11BrO2.C5H8BrO.C4H7Cl.C4H7O.3C4H7.C3H6O2.4C2H5S.CH2Br.8Y/c1-20(2)18-24-19-25(21-12-6-3-7-13-21,22-14-8-4-9-15-22)23-16-10-5-11-17-23;1-20(17-11-5-2-6-12-17,18-13-7-3-8-14-18)19-15-9-4-10-16-19;3*1-9(2)7-11-8-13-10-5-3-4-6-12-10;7-5-9-6-3-1-2-4-8-6;1-5(2)3-7-4-6;2*1-4(2)3-5;3*1-4(2)3;1-3(5)2-4;4*1-3-2;1-2;;;;;;;;/h1,3-17,19H,18H2,2H3;1-16H;3*1,10H,3-8H2,2H3;6H,1-5H2;1H,3-4H2,2H3;1,3H2,2H3;1,5H,3H2,2H3;3*1-2H2,3H3;4H,2H2,1H3;4*1H2,2H3;1H2;;;;;;;;/q5*-1;;-1;;4*-1;;5*-1;;;;;;;;. The minimum atomic E-state index is -2.03. The first-order valence-electron chi connectivity index (χ1n) is 45.2. The van der Waals surface area contributed by atoms with E-state index in [0.717, 1.165) is 122 Å². The van der Waals surface area contributed by atoms with Gasteiger partial charge in [0.2, 0.25) is 0 Å². The van der Waals surface area contributed by atoms with E-state index >= 15 is 0 Å². The summed E-state index contributed by atoms with van der Waals surface area (Å²) in [6.45, 7) is 78.1. The summed E-state index contributed by atoms with van der Waals surface area (Å²) in [5.74, 6) is 5.49. The van der Waals surface area contributed by atoms with Crippen molar-refractivity contribution in [3.05, 3.63) is 355 Å². The van der Waals surface area contributed by atoms with Crippen LogP contribution in [0.4, 0.5) is 0 Å². The molecule has 34 heteroatoms. The van der Waals surface area contributed by atoms with Gasteiger partial charge in [-0.2, -0.15) is 6.89 Å². The second kappa shape index (κ2) is 142. The van der Waals surface area contributed by atoms with E-state index in [1.165, 1.54) is 118 Å². The number of hydrogen-bond donors (Lipinski definition) is 2. The average molecular weight is 2990 g/mol. The fraction of sp³-hybridized carbons (Fsp3) is 0.417. The molecule has 6 aromatic carbocycles. The fourth-order valence-electron chi connectivity index (χ4n) is 9.96. The number of halogens is 4. The Morgan fingerprint density at radius 1 is 0.376 bits per heavy atom. The quantitative estimate of drug-likeness (QED) is 0.0102. The molecule has 0 saturated carbocycles. The van der Waals surface area contributed by atoms with Crippen molar-refractivity contribution < 1.29 is 338 Å². The topological polar surface area (TPSA) is 178 Å². The molecule has 828 valence electrons. The van der Waals surface area contributed by atoms with Crippen molar-refractivity contribution in [2.75, 3.05) is 135 Å². The van der Waals surface area contributed by atoms with E-state index in [0.29, 0.717) is 55.5 Å².